The SMILES string of the molecule is CC\C=C(C(=C(/Cl)CC)/C(F)=C\N)\[C@H]1C(C2CCC(C)CC2)N[C@@H](CC(C)(C)C)C1c1ccc(Cl)cc1F. The van der Waals surface area contributed by atoms with Crippen LogP contribution >= 0.6 is 23.2 Å². The van der Waals surface area contributed by atoms with E-state index in [1.807, 2.05) is 19.9 Å². The van der Waals surface area contributed by atoms with Crippen LogP contribution in [0.2, 0.25) is 5.02 Å². The molecule has 6 heteroatoms. The average molecular weight is 568 g/mol. The van der Waals surface area contributed by atoms with Crippen molar-refractivity contribution in [2.24, 2.45) is 28.9 Å². The fourth-order valence-electron chi connectivity index (χ4n) is 6.73. The predicted octanol–water partition coefficient (Wildman–Crippen LogP) is 9.79. The first-order chi connectivity index (χ1) is 17.9. The molecule has 0 radical (unpaired) electrons. The van der Waals surface area contributed by atoms with Crippen molar-refractivity contribution in [1.82, 2.24) is 5.32 Å². The van der Waals surface area contributed by atoms with Gasteiger partial charge in [0, 0.05) is 45.7 Å². The van der Waals surface area contributed by atoms with Crippen LogP contribution in [-0.2, 0) is 0 Å². The van der Waals surface area contributed by atoms with Gasteiger partial charge in [0.15, 0.2) is 0 Å². The van der Waals surface area contributed by atoms with E-state index in [1.165, 1.54) is 18.9 Å². The first kappa shape index (κ1) is 31.2. The highest BCUT2D eigenvalue weighted by Gasteiger charge is 2.50. The van der Waals surface area contributed by atoms with Gasteiger partial charge in [-0.15, -0.1) is 0 Å². The molecule has 4 atom stereocenters. The van der Waals surface area contributed by atoms with E-state index in [-0.39, 0.29) is 35.2 Å². The Labute approximate surface area is 239 Å². The van der Waals surface area contributed by atoms with Crippen molar-refractivity contribution in [3.8, 4) is 0 Å². The minimum Gasteiger partial charge on any atom is -0.402 e. The summed E-state index contributed by atoms with van der Waals surface area (Å²) in [7, 11) is 0. The van der Waals surface area contributed by atoms with E-state index in [4.69, 9.17) is 28.9 Å². The number of rotatable bonds is 8. The van der Waals surface area contributed by atoms with E-state index in [0.717, 1.165) is 31.0 Å². The van der Waals surface area contributed by atoms with Gasteiger partial charge in [-0.1, -0.05) is 89.7 Å². The third kappa shape index (κ3) is 7.23. The number of benzene rings is 1. The maximum atomic E-state index is 15.7. The summed E-state index contributed by atoms with van der Waals surface area (Å²) in [5.74, 6) is -0.112. The maximum absolute atomic E-state index is 15.7. The number of nitrogens with two attached hydrogens (primary N) is 1. The molecule has 2 nitrogen and oxygen atoms in total. The molecule has 1 aliphatic heterocycles. The van der Waals surface area contributed by atoms with Crippen LogP contribution in [0.5, 0.6) is 0 Å². The molecule has 1 saturated heterocycles. The zero-order valence-corrected chi connectivity index (χ0v) is 25.4. The second-order valence-electron chi connectivity index (χ2n) is 12.5. The van der Waals surface area contributed by atoms with Gasteiger partial charge in [-0.3, -0.25) is 0 Å². The molecule has 0 amide bonds. The van der Waals surface area contributed by atoms with Crippen molar-refractivity contribution in [3.05, 3.63) is 68.9 Å². The summed E-state index contributed by atoms with van der Waals surface area (Å²) >= 11 is 12.9. The fraction of sp³-hybridized carbons (Fsp3) is 0.625. The Morgan fingerprint density at radius 2 is 1.82 bits per heavy atom. The lowest BCUT2D eigenvalue weighted by Gasteiger charge is -2.37. The van der Waals surface area contributed by atoms with Gasteiger partial charge in [-0.05, 0) is 72.6 Å². The van der Waals surface area contributed by atoms with Gasteiger partial charge in [0.1, 0.15) is 11.6 Å². The van der Waals surface area contributed by atoms with E-state index >= 15 is 8.78 Å². The first-order valence-corrected chi connectivity index (χ1v) is 15.0. The zero-order valence-electron chi connectivity index (χ0n) is 23.9. The van der Waals surface area contributed by atoms with Crippen LogP contribution in [0.15, 0.2) is 52.5 Å². The fourth-order valence-corrected chi connectivity index (χ4v) is 7.08. The van der Waals surface area contributed by atoms with Crippen molar-refractivity contribution in [2.75, 3.05) is 0 Å². The standard InChI is InChI=1S/C32H46Cl2F2N2/c1-7-9-23(28(24(34)8-2)26(36)18-37)30-29(22-15-14-21(33)16-25(22)35)27(17-32(4,5)6)38-31(30)20-12-10-19(3)11-13-20/h9,14-16,18-20,27,29-31,38H,7-8,10-13,17,37H2,1-6H3/b23-9+,26-18+,28-24-/t19?,20?,27-,29?,30+,31?/m0/s1. The maximum Gasteiger partial charge on any atom is 0.147 e. The molecule has 2 aliphatic rings. The van der Waals surface area contributed by atoms with Crippen molar-refractivity contribution >= 4 is 23.2 Å². The lowest BCUT2D eigenvalue weighted by molar-refractivity contribution is 0.217. The lowest BCUT2D eigenvalue weighted by Crippen LogP contribution is -2.41. The third-order valence-electron chi connectivity index (χ3n) is 8.37. The van der Waals surface area contributed by atoms with E-state index in [1.54, 1.807) is 6.07 Å². The Bertz CT molecular complexity index is 1050. The van der Waals surface area contributed by atoms with E-state index in [2.05, 4.69) is 39.1 Å². The molecule has 1 aromatic carbocycles. The third-order valence-corrected chi connectivity index (χ3v) is 9.07. The molecular formula is C32H46Cl2F2N2. The minimum absolute atomic E-state index is 0.00634. The molecule has 3 rings (SSSR count). The van der Waals surface area contributed by atoms with Crippen LogP contribution in [0.25, 0.3) is 0 Å². The molecule has 0 bridgehead atoms. The summed E-state index contributed by atoms with van der Waals surface area (Å²) in [5.41, 5.74) is 7.58. The zero-order chi connectivity index (χ0) is 28.2. The molecule has 38 heavy (non-hydrogen) atoms. The van der Waals surface area contributed by atoms with Gasteiger partial charge in [0.25, 0.3) is 0 Å². The summed E-state index contributed by atoms with van der Waals surface area (Å²) < 4.78 is 31.3. The smallest absolute Gasteiger partial charge is 0.147 e. The quantitative estimate of drug-likeness (QED) is 0.307. The number of hydrogen-bond donors (Lipinski definition) is 2. The van der Waals surface area contributed by atoms with Gasteiger partial charge < -0.3 is 11.1 Å². The molecule has 1 saturated carbocycles. The summed E-state index contributed by atoms with van der Waals surface area (Å²) in [4.78, 5) is 0. The number of hydrogen-bond acceptors (Lipinski definition) is 2. The second kappa shape index (κ2) is 13.3. The topological polar surface area (TPSA) is 38.0 Å². The van der Waals surface area contributed by atoms with Crippen molar-refractivity contribution in [3.63, 3.8) is 0 Å². The van der Waals surface area contributed by atoms with Gasteiger partial charge in [0.05, 0.1) is 0 Å². The van der Waals surface area contributed by atoms with Gasteiger partial charge in [0.2, 0.25) is 0 Å². The molecule has 2 unspecified atom stereocenters. The molecule has 0 aromatic heterocycles. The molecule has 1 aromatic rings. The van der Waals surface area contributed by atoms with Crippen LogP contribution < -0.4 is 11.1 Å². The van der Waals surface area contributed by atoms with Crippen LogP contribution in [-0.4, -0.2) is 12.1 Å². The van der Waals surface area contributed by atoms with Crippen LogP contribution in [0, 0.1) is 29.0 Å². The van der Waals surface area contributed by atoms with Crippen molar-refractivity contribution in [2.45, 2.75) is 104 Å². The van der Waals surface area contributed by atoms with Gasteiger partial charge >= 0.3 is 0 Å². The Morgan fingerprint density at radius 3 is 2.34 bits per heavy atom. The molecule has 3 N–H and O–H groups in total. The Morgan fingerprint density at radius 1 is 1.16 bits per heavy atom. The highest BCUT2D eigenvalue weighted by atomic mass is 35.5. The van der Waals surface area contributed by atoms with Crippen LogP contribution in [0.3, 0.4) is 0 Å². The minimum atomic E-state index is -0.526. The molecule has 1 heterocycles. The Hall–Kier alpha value is -1.36. The first-order valence-electron chi connectivity index (χ1n) is 14.3. The monoisotopic (exact) mass is 566 g/mol. The number of halogens is 4. The summed E-state index contributed by atoms with van der Waals surface area (Å²) in [6, 6.07) is 5.06. The Balaban J connectivity index is 2.29. The van der Waals surface area contributed by atoms with Gasteiger partial charge in [-0.2, -0.15) is 0 Å². The summed E-state index contributed by atoms with van der Waals surface area (Å²) in [6.45, 7) is 12.9. The molecule has 1 aliphatic carbocycles. The predicted molar refractivity (Wildman–Crippen MR) is 158 cm³/mol. The molecule has 2 fully saturated rings. The average Bonchev–Trinajstić information content (AvgIpc) is 3.20. The van der Waals surface area contributed by atoms with Crippen molar-refractivity contribution in [1.29, 1.82) is 0 Å². The molecule has 0 spiro atoms. The van der Waals surface area contributed by atoms with Crippen LogP contribution in [0.1, 0.15) is 98.0 Å². The van der Waals surface area contributed by atoms with E-state index < -0.39 is 5.83 Å². The lowest BCUT2D eigenvalue weighted by atomic mass is 9.68. The number of allylic oxidation sites excluding steroid dienone is 4. The highest BCUT2D eigenvalue weighted by Crippen LogP contribution is 2.52. The summed E-state index contributed by atoms with van der Waals surface area (Å²) in [5, 5.41) is 4.81. The molecule has 212 valence electrons. The van der Waals surface area contributed by atoms with E-state index in [9.17, 15) is 0 Å². The van der Waals surface area contributed by atoms with Crippen LogP contribution in [0.4, 0.5) is 8.78 Å². The highest BCUT2D eigenvalue weighted by molar-refractivity contribution is 6.30. The Kier molecular flexibility index (Phi) is 10.9. The summed E-state index contributed by atoms with van der Waals surface area (Å²) in [6.07, 6.45) is 9.66. The second-order valence-corrected chi connectivity index (χ2v) is 13.4. The normalized spacial score (nSPS) is 29.9. The van der Waals surface area contributed by atoms with Gasteiger partial charge in [-0.25, -0.2) is 8.78 Å². The van der Waals surface area contributed by atoms with Crippen molar-refractivity contribution < 1.29 is 8.78 Å². The molecular weight excluding hydrogens is 521 g/mol. The van der Waals surface area contributed by atoms with E-state index in [0.29, 0.717) is 45.9 Å². The number of nitrogens with one attached hydrogen (secondary N) is 1. The largest absolute Gasteiger partial charge is 0.402 e.